The Kier molecular flexibility index (Phi) is 3.83. The van der Waals surface area contributed by atoms with Crippen molar-refractivity contribution in [3.8, 4) is 0 Å². The zero-order valence-corrected chi connectivity index (χ0v) is 12.0. The van der Waals surface area contributed by atoms with Gasteiger partial charge in [0.05, 0.1) is 29.5 Å². The van der Waals surface area contributed by atoms with Crippen LogP contribution in [0.15, 0.2) is 59.6 Å². The van der Waals surface area contributed by atoms with Crippen molar-refractivity contribution in [1.29, 1.82) is 0 Å². The molecule has 0 aliphatic rings. The number of anilines is 1. The van der Waals surface area contributed by atoms with Crippen LogP contribution in [0.2, 0.25) is 0 Å². The van der Waals surface area contributed by atoms with E-state index in [0.717, 1.165) is 22.4 Å². The lowest BCUT2D eigenvalue weighted by Gasteiger charge is -2.07. The van der Waals surface area contributed by atoms with Gasteiger partial charge in [0, 0.05) is 10.6 Å². The van der Waals surface area contributed by atoms with E-state index in [1.54, 1.807) is 11.8 Å². The molecule has 100 valence electrons. The van der Waals surface area contributed by atoms with E-state index in [0.29, 0.717) is 6.54 Å². The summed E-state index contributed by atoms with van der Waals surface area (Å²) in [6.07, 6.45) is 3.90. The molecule has 1 aromatic heterocycles. The van der Waals surface area contributed by atoms with Crippen LogP contribution >= 0.6 is 11.8 Å². The smallest absolute Gasteiger partial charge is 0.0890 e. The SMILES string of the molecule is CSc1ccc(NCc2cnc3ccccc3n2)cc1. The van der Waals surface area contributed by atoms with E-state index < -0.39 is 0 Å². The standard InChI is InChI=1S/C16H15N3S/c1-20-14-8-6-12(7-9-14)17-10-13-11-18-15-4-2-3-5-16(15)19-13/h2-9,11,17H,10H2,1H3. The van der Waals surface area contributed by atoms with E-state index in [1.807, 2.05) is 30.5 Å². The lowest BCUT2D eigenvalue weighted by molar-refractivity contribution is 1.04. The third kappa shape index (κ3) is 2.91. The third-order valence-electron chi connectivity index (χ3n) is 3.06. The summed E-state index contributed by atoms with van der Waals surface area (Å²) in [7, 11) is 0. The summed E-state index contributed by atoms with van der Waals surface area (Å²) >= 11 is 1.74. The Labute approximate surface area is 122 Å². The predicted octanol–water partition coefficient (Wildman–Crippen LogP) is 3.96. The summed E-state index contributed by atoms with van der Waals surface area (Å²) in [5.41, 5.74) is 3.90. The molecule has 3 aromatic rings. The molecule has 0 bridgehead atoms. The summed E-state index contributed by atoms with van der Waals surface area (Å²) in [6.45, 7) is 0.677. The Morgan fingerprint density at radius 1 is 1.00 bits per heavy atom. The van der Waals surface area contributed by atoms with Crippen LogP contribution in [0.5, 0.6) is 0 Å². The van der Waals surface area contributed by atoms with Gasteiger partial charge >= 0.3 is 0 Å². The van der Waals surface area contributed by atoms with Crippen molar-refractivity contribution in [1.82, 2.24) is 9.97 Å². The Morgan fingerprint density at radius 3 is 2.50 bits per heavy atom. The molecule has 0 aliphatic heterocycles. The van der Waals surface area contributed by atoms with Crippen molar-refractivity contribution in [2.45, 2.75) is 11.4 Å². The summed E-state index contributed by atoms with van der Waals surface area (Å²) in [4.78, 5) is 10.3. The number of hydrogen-bond donors (Lipinski definition) is 1. The third-order valence-corrected chi connectivity index (χ3v) is 3.81. The highest BCUT2D eigenvalue weighted by atomic mass is 32.2. The average Bonchev–Trinajstić information content (AvgIpc) is 2.53. The minimum atomic E-state index is 0.677. The molecule has 3 nitrogen and oxygen atoms in total. The second kappa shape index (κ2) is 5.92. The number of aromatic nitrogens is 2. The number of thioether (sulfide) groups is 1. The second-order valence-corrected chi connectivity index (χ2v) is 5.31. The Morgan fingerprint density at radius 2 is 1.75 bits per heavy atom. The van der Waals surface area contributed by atoms with Gasteiger partial charge in [0.2, 0.25) is 0 Å². The number of nitrogens with one attached hydrogen (secondary N) is 1. The van der Waals surface area contributed by atoms with Crippen LogP contribution in [0.3, 0.4) is 0 Å². The van der Waals surface area contributed by atoms with E-state index in [2.05, 4.69) is 45.8 Å². The van der Waals surface area contributed by atoms with E-state index in [9.17, 15) is 0 Å². The zero-order valence-electron chi connectivity index (χ0n) is 11.2. The van der Waals surface area contributed by atoms with Gasteiger partial charge in [0.15, 0.2) is 0 Å². The van der Waals surface area contributed by atoms with E-state index >= 15 is 0 Å². The van der Waals surface area contributed by atoms with Gasteiger partial charge in [-0.25, -0.2) is 4.98 Å². The summed E-state index contributed by atoms with van der Waals surface area (Å²) < 4.78 is 0. The summed E-state index contributed by atoms with van der Waals surface area (Å²) in [5, 5.41) is 3.37. The fourth-order valence-electron chi connectivity index (χ4n) is 1.98. The predicted molar refractivity (Wildman–Crippen MR) is 85.1 cm³/mol. The topological polar surface area (TPSA) is 37.8 Å². The van der Waals surface area contributed by atoms with Crippen molar-refractivity contribution in [3.05, 3.63) is 60.4 Å². The molecule has 0 radical (unpaired) electrons. The minimum absolute atomic E-state index is 0.677. The summed E-state index contributed by atoms with van der Waals surface area (Å²) in [6, 6.07) is 16.3. The van der Waals surface area contributed by atoms with Crippen LogP contribution in [0.1, 0.15) is 5.69 Å². The van der Waals surface area contributed by atoms with E-state index in [4.69, 9.17) is 0 Å². The van der Waals surface area contributed by atoms with Crippen LogP contribution in [0.4, 0.5) is 5.69 Å². The van der Waals surface area contributed by atoms with Crippen molar-refractivity contribution in [3.63, 3.8) is 0 Å². The largest absolute Gasteiger partial charge is 0.379 e. The number of benzene rings is 2. The molecule has 0 unspecified atom stereocenters. The molecule has 0 aliphatic carbocycles. The number of hydrogen-bond acceptors (Lipinski definition) is 4. The first-order valence-electron chi connectivity index (χ1n) is 6.44. The molecule has 0 amide bonds. The van der Waals surface area contributed by atoms with Crippen LogP contribution < -0.4 is 5.32 Å². The molecular weight excluding hydrogens is 266 g/mol. The highest BCUT2D eigenvalue weighted by Crippen LogP contribution is 2.18. The first-order chi connectivity index (χ1) is 9.85. The molecular formula is C16H15N3S. The highest BCUT2D eigenvalue weighted by molar-refractivity contribution is 7.98. The molecule has 3 rings (SSSR count). The Bertz CT molecular complexity index is 710. The molecule has 0 saturated carbocycles. The van der Waals surface area contributed by atoms with Gasteiger partial charge in [-0.2, -0.15) is 0 Å². The zero-order chi connectivity index (χ0) is 13.8. The minimum Gasteiger partial charge on any atom is -0.379 e. The Hall–Kier alpha value is -2.07. The lowest BCUT2D eigenvalue weighted by atomic mass is 10.3. The lowest BCUT2D eigenvalue weighted by Crippen LogP contribution is -2.02. The molecule has 0 saturated heterocycles. The molecule has 1 heterocycles. The first-order valence-corrected chi connectivity index (χ1v) is 7.66. The maximum atomic E-state index is 4.59. The van der Waals surface area contributed by atoms with Gasteiger partial charge in [-0.15, -0.1) is 11.8 Å². The molecule has 0 fully saturated rings. The molecule has 0 spiro atoms. The van der Waals surface area contributed by atoms with Crippen LogP contribution in [0, 0.1) is 0 Å². The number of para-hydroxylation sites is 2. The van der Waals surface area contributed by atoms with E-state index in [-0.39, 0.29) is 0 Å². The van der Waals surface area contributed by atoms with Gasteiger partial charge in [0.25, 0.3) is 0 Å². The molecule has 4 heteroatoms. The van der Waals surface area contributed by atoms with Crippen LogP contribution in [0.25, 0.3) is 11.0 Å². The van der Waals surface area contributed by atoms with Crippen LogP contribution in [-0.4, -0.2) is 16.2 Å². The van der Waals surface area contributed by atoms with Crippen LogP contribution in [-0.2, 0) is 6.54 Å². The molecule has 0 atom stereocenters. The van der Waals surface area contributed by atoms with Crippen molar-refractivity contribution >= 4 is 28.5 Å². The van der Waals surface area contributed by atoms with Crippen molar-refractivity contribution in [2.24, 2.45) is 0 Å². The first kappa shape index (κ1) is 12.9. The molecule has 2 aromatic carbocycles. The Balaban J connectivity index is 1.72. The van der Waals surface area contributed by atoms with Gasteiger partial charge < -0.3 is 5.32 Å². The monoisotopic (exact) mass is 281 g/mol. The highest BCUT2D eigenvalue weighted by Gasteiger charge is 1.99. The molecule has 20 heavy (non-hydrogen) atoms. The van der Waals surface area contributed by atoms with Gasteiger partial charge in [-0.05, 0) is 42.7 Å². The van der Waals surface area contributed by atoms with Crippen molar-refractivity contribution in [2.75, 3.05) is 11.6 Å². The quantitative estimate of drug-likeness (QED) is 0.734. The maximum Gasteiger partial charge on any atom is 0.0890 e. The number of nitrogens with zero attached hydrogens (tertiary/aromatic N) is 2. The fourth-order valence-corrected chi connectivity index (χ4v) is 2.39. The average molecular weight is 281 g/mol. The number of rotatable bonds is 4. The fraction of sp³-hybridized carbons (Fsp3) is 0.125. The summed E-state index contributed by atoms with van der Waals surface area (Å²) in [5.74, 6) is 0. The van der Waals surface area contributed by atoms with E-state index in [1.165, 1.54) is 4.90 Å². The van der Waals surface area contributed by atoms with Gasteiger partial charge in [-0.1, -0.05) is 12.1 Å². The van der Waals surface area contributed by atoms with Gasteiger partial charge in [-0.3, -0.25) is 4.98 Å². The second-order valence-electron chi connectivity index (χ2n) is 4.43. The normalized spacial score (nSPS) is 10.7. The van der Waals surface area contributed by atoms with Crippen molar-refractivity contribution < 1.29 is 0 Å². The van der Waals surface area contributed by atoms with Gasteiger partial charge in [0.1, 0.15) is 0 Å². The molecule has 1 N–H and O–H groups in total. The maximum absolute atomic E-state index is 4.59. The number of fused-ring (bicyclic) bond motifs is 1.